The quantitative estimate of drug-likeness (QED) is 0.569. The van der Waals surface area contributed by atoms with Gasteiger partial charge < -0.3 is 23.9 Å². The maximum absolute atomic E-state index is 12.1. The summed E-state index contributed by atoms with van der Waals surface area (Å²) in [4.78, 5) is 23.8. The van der Waals surface area contributed by atoms with E-state index in [9.17, 15) is 9.59 Å². The molecule has 136 valence electrons. The number of ether oxygens (including phenoxy) is 3. The Morgan fingerprint density at radius 1 is 1.27 bits per heavy atom. The van der Waals surface area contributed by atoms with Crippen LogP contribution >= 0.6 is 15.9 Å². The first-order valence-electron chi connectivity index (χ1n) is 7.81. The number of carbonyl (C=O) groups excluding carboxylic acids is 2. The van der Waals surface area contributed by atoms with Crippen LogP contribution in [-0.4, -0.2) is 24.8 Å². The first-order chi connectivity index (χ1) is 12.5. The highest BCUT2D eigenvalue weighted by atomic mass is 79.9. The van der Waals surface area contributed by atoms with E-state index in [4.69, 9.17) is 18.6 Å². The number of benzene rings is 1. The lowest BCUT2D eigenvalue weighted by Crippen LogP contribution is -2.35. The summed E-state index contributed by atoms with van der Waals surface area (Å²) < 4.78 is 21.4. The fourth-order valence-electron chi connectivity index (χ4n) is 2.22. The van der Waals surface area contributed by atoms with E-state index in [1.54, 1.807) is 24.3 Å². The van der Waals surface area contributed by atoms with Crippen molar-refractivity contribution in [1.82, 2.24) is 5.32 Å². The van der Waals surface area contributed by atoms with Crippen LogP contribution in [0.4, 0.5) is 0 Å². The van der Waals surface area contributed by atoms with Gasteiger partial charge in [0.2, 0.25) is 6.79 Å². The molecule has 2 aromatic rings. The number of furan rings is 1. The van der Waals surface area contributed by atoms with Crippen molar-refractivity contribution in [1.29, 1.82) is 0 Å². The van der Waals surface area contributed by atoms with Gasteiger partial charge in [0, 0.05) is 12.6 Å². The average Bonchev–Trinajstić information content (AvgIpc) is 3.25. The number of amides is 1. The Morgan fingerprint density at radius 2 is 2.08 bits per heavy atom. The Labute approximate surface area is 158 Å². The van der Waals surface area contributed by atoms with Crippen molar-refractivity contribution in [3.8, 4) is 11.5 Å². The van der Waals surface area contributed by atoms with Crippen molar-refractivity contribution in [3.05, 3.63) is 52.4 Å². The van der Waals surface area contributed by atoms with Crippen LogP contribution in [0, 0.1) is 0 Å². The SMILES string of the molecule is CC(OC(=O)C=Cc1ccc(Br)o1)C(=O)NCc1ccc2c(c1)OCO2. The minimum absolute atomic E-state index is 0.195. The lowest BCUT2D eigenvalue weighted by Gasteiger charge is -2.12. The monoisotopic (exact) mass is 421 g/mol. The number of halogens is 1. The Kier molecular flexibility index (Phi) is 5.62. The molecule has 1 aromatic carbocycles. The summed E-state index contributed by atoms with van der Waals surface area (Å²) in [7, 11) is 0. The topological polar surface area (TPSA) is 87.0 Å². The Bertz CT molecular complexity index is 844. The number of fused-ring (bicyclic) bond motifs is 1. The maximum atomic E-state index is 12.1. The minimum atomic E-state index is -0.926. The molecule has 1 N–H and O–H groups in total. The molecule has 0 fully saturated rings. The van der Waals surface area contributed by atoms with Gasteiger partial charge in [-0.15, -0.1) is 0 Å². The molecule has 1 amide bonds. The summed E-state index contributed by atoms with van der Waals surface area (Å²) in [6, 6.07) is 8.80. The summed E-state index contributed by atoms with van der Waals surface area (Å²) in [6.07, 6.45) is 1.74. The lowest BCUT2D eigenvalue weighted by molar-refractivity contribution is -0.150. The van der Waals surface area contributed by atoms with Gasteiger partial charge in [-0.25, -0.2) is 4.79 Å². The van der Waals surface area contributed by atoms with Crippen molar-refractivity contribution in [2.75, 3.05) is 6.79 Å². The highest BCUT2D eigenvalue weighted by molar-refractivity contribution is 9.10. The van der Waals surface area contributed by atoms with Crippen LogP contribution in [0.5, 0.6) is 11.5 Å². The summed E-state index contributed by atoms with van der Waals surface area (Å²) in [5.41, 5.74) is 0.851. The smallest absolute Gasteiger partial charge is 0.331 e. The summed E-state index contributed by atoms with van der Waals surface area (Å²) in [5.74, 6) is 0.783. The largest absolute Gasteiger partial charge is 0.454 e. The zero-order chi connectivity index (χ0) is 18.5. The second-order valence-corrected chi connectivity index (χ2v) is 6.24. The Balaban J connectivity index is 1.46. The molecule has 3 rings (SSSR count). The molecule has 8 heteroatoms. The van der Waals surface area contributed by atoms with Crippen LogP contribution in [0.1, 0.15) is 18.2 Å². The van der Waals surface area contributed by atoms with Crippen LogP contribution in [-0.2, 0) is 20.9 Å². The van der Waals surface area contributed by atoms with Crippen LogP contribution < -0.4 is 14.8 Å². The number of nitrogens with one attached hydrogen (secondary N) is 1. The normalized spacial score (nSPS) is 13.6. The standard InChI is InChI=1S/C18H16BrNO6/c1-11(25-17(21)7-4-13-3-6-16(19)26-13)18(22)20-9-12-2-5-14-15(8-12)24-10-23-14/h2-8,11H,9-10H2,1H3,(H,20,22). The number of esters is 1. The predicted molar refractivity (Wildman–Crippen MR) is 95.4 cm³/mol. The fourth-order valence-corrected chi connectivity index (χ4v) is 2.54. The van der Waals surface area contributed by atoms with Gasteiger partial charge in [0.05, 0.1) is 0 Å². The van der Waals surface area contributed by atoms with Gasteiger partial charge in [0.15, 0.2) is 22.3 Å². The van der Waals surface area contributed by atoms with E-state index in [0.29, 0.717) is 21.9 Å². The third-order valence-corrected chi connectivity index (χ3v) is 3.97. The van der Waals surface area contributed by atoms with Crippen molar-refractivity contribution in [2.45, 2.75) is 19.6 Å². The van der Waals surface area contributed by atoms with Gasteiger partial charge in [-0.05, 0) is 58.8 Å². The van der Waals surface area contributed by atoms with Crippen molar-refractivity contribution >= 4 is 33.9 Å². The van der Waals surface area contributed by atoms with E-state index in [0.717, 1.165) is 5.56 Å². The van der Waals surface area contributed by atoms with Crippen LogP contribution in [0.25, 0.3) is 6.08 Å². The second kappa shape index (κ2) is 8.09. The molecule has 0 radical (unpaired) electrons. The molecule has 1 aromatic heterocycles. The maximum Gasteiger partial charge on any atom is 0.331 e. The zero-order valence-electron chi connectivity index (χ0n) is 13.9. The molecule has 0 saturated carbocycles. The molecular weight excluding hydrogens is 406 g/mol. The molecule has 0 bridgehead atoms. The average molecular weight is 422 g/mol. The summed E-state index contributed by atoms with van der Waals surface area (Å²) >= 11 is 3.17. The van der Waals surface area contributed by atoms with Crippen molar-refractivity contribution in [3.63, 3.8) is 0 Å². The van der Waals surface area contributed by atoms with Gasteiger partial charge >= 0.3 is 5.97 Å². The Morgan fingerprint density at radius 3 is 2.85 bits per heavy atom. The first-order valence-corrected chi connectivity index (χ1v) is 8.61. The lowest BCUT2D eigenvalue weighted by atomic mass is 10.2. The minimum Gasteiger partial charge on any atom is -0.454 e. The third kappa shape index (κ3) is 4.66. The molecule has 2 heterocycles. The first kappa shape index (κ1) is 18.1. The van der Waals surface area contributed by atoms with Gasteiger partial charge in [-0.1, -0.05) is 6.07 Å². The van der Waals surface area contributed by atoms with Crippen molar-refractivity contribution < 1.29 is 28.2 Å². The Hall–Kier alpha value is -2.74. The zero-order valence-corrected chi connectivity index (χ0v) is 15.4. The molecule has 1 aliphatic heterocycles. The van der Waals surface area contributed by atoms with Gasteiger partial charge in [0.25, 0.3) is 5.91 Å². The van der Waals surface area contributed by atoms with Gasteiger partial charge in [-0.2, -0.15) is 0 Å². The highest BCUT2D eigenvalue weighted by Crippen LogP contribution is 2.32. The third-order valence-electron chi connectivity index (χ3n) is 3.54. The number of rotatable bonds is 6. The van der Waals surface area contributed by atoms with E-state index < -0.39 is 18.0 Å². The predicted octanol–water partition coefficient (Wildman–Crippen LogP) is 3.03. The summed E-state index contributed by atoms with van der Waals surface area (Å²) in [6.45, 7) is 1.98. The van der Waals surface area contributed by atoms with Crippen LogP contribution in [0.15, 0.2) is 45.5 Å². The van der Waals surface area contributed by atoms with E-state index >= 15 is 0 Å². The molecule has 0 spiro atoms. The van der Waals surface area contributed by atoms with Crippen molar-refractivity contribution in [2.24, 2.45) is 0 Å². The molecule has 1 aliphatic rings. The number of hydrogen-bond acceptors (Lipinski definition) is 6. The molecule has 0 saturated heterocycles. The fraction of sp³-hybridized carbons (Fsp3) is 0.222. The number of hydrogen-bond donors (Lipinski definition) is 1. The molecule has 1 atom stereocenters. The van der Waals surface area contributed by atoms with Crippen LogP contribution in [0.3, 0.4) is 0 Å². The van der Waals surface area contributed by atoms with E-state index in [1.165, 1.54) is 19.1 Å². The van der Waals surface area contributed by atoms with Gasteiger partial charge in [-0.3, -0.25) is 4.79 Å². The number of carbonyl (C=O) groups is 2. The highest BCUT2D eigenvalue weighted by Gasteiger charge is 2.17. The molecule has 1 unspecified atom stereocenters. The molecular formula is C18H16BrNO6. The molecule has 26 heavy (non-hydrogen) atoms. The van der Waals surface area contributed by atoms with E-state index in [2.05, 4.69) is 21.2 Å². The van der Waals surface area contributed by atoms with Crippen LogP contribution in [0.2, 0.25) is 0 Å². The molecule has 0 aliphatic carbocycles. The van der Waals surface area contributed by atoms with Gasteiger partial charge in [0.1, 0.15) is 5.76 Å². The molecule has 7 nitrogen and oxygen atoms in total. The second-order valence-electron chi connectivity index (χ2n) is 5.46. The van der Waals surface area contributed by atoms with E-state index in [1.807, 2.05) is 6.07 Å². The van der Waals surface area contributed by atoms with E-state index in [-0.39, 0.29) is 13.3 Å². The summed E-state index contributed by atoms with van der Waals surface area (Å²) in [5, 5.41) is 2.71.